The van der Waals surface area contributed by atoms with Crippen LogP contribution in [0.4, 0.5) is 19.0 Å². The van der Waals surface area contributed by atoms with E-state index in [2.05, 4.69) is 9.88 Å². The Labute approximate surface area is 152 Å². The monoisotopic (exact) mass is 375 g/mol. The van der Waals surface area contributed by atoms with Gasteiger partial charge in [-0.15, -0.1) is 0 Å². The smallest absolute Gasteiger partial charge is 0.395 e. The molecule has 1 aromatic heterocycles. The first-order chi connectivity index (χ1) is 12.3. The number of hydrogen-bond acceptors (Lipinski definition) is 5. The summed E-state index contributed by atoms with van der Waals surface area (Å²) in [5, 5.41) is 18.0. The van der Waals surface area contributed by atoms with Gasteiger partial charge in [0.1, 0.15) is 11.5 Å². The highest BCUT2D eigenvalue weighted by molar-refractivity contribution is 5.40. The summed E-state index contributed by atoms with van der Waals surface area (Å²) in [5.41, 5.74) is -0.810. The van der Waals surface area contributed by atoms with Gasteiger partial charge in [-0.2, -0.15) is 13.2 Å². The molecule has 2 unspecified atom stereocenters. The lowest BCUT2D eigenvalue weighted by molar-refractivity contribution is -0.141. The highest BCUT2D eigenvalue weighted by atomic mass is 19.4. The zero-order valence-electron chi connectivity index (χ0n) is 15.1. The second kappa shape index (κ2) is 9.53. The molecule has 2 aliphatic rings. The quantitative estimate of drug-likeness (QED) is 0.832. The van der Waals surface area contributed by atoms with Crippen molar-refractivity contribution in [3.05, 3.63) is 23.9 Å². The molecule has 0 saturated carbocycles. The summed E-state index contributed by atoms with van der Waals surface area (Å²) in [7, 11) is 1.98. The molecule has 2 atom stereocenters. The van der Waals surface area contributed by atoms with Crippen molar-refractivity contribution >= 4 is 5.82 Å². The minimum Gasteiger partial charge on any atom is -0.395 e. The Balaban J connectivity index is 0.000000209. The highest BCUT2D eigenvalue weighted by Gasteiger charge is 2.32. The van der Waals surface area contributed by atoms with Gasteiger partial charge in [0.25, 0.3) is 0 Å². The highest BCUT2D eigenvalue weighted by Crippen LogP contribution is 2.29. The van der Waals surface area contributed by atoms with E-state index in [1.807, 2.05) is 11.9 Å². The average molecular weight is 375 g/mol. The molecule has 1 aromatic rings. The van der Waals surface area contributed by atoms with Crippen LogP contribution in [-0.2, 0) is 6.18 Å². The van der Waals surface area contributed by atoms with Crippen LogP contribution in [0.15, 0.2) is 18.2 Å². The summed E-state index contributed by atoms with van der Waals surface area (Å²) in [6.45, 7) is 2.66. The van der Waals surface area contributed by atoms with E-state index in [1.54, 1.807) is 6.07 Å². The van der Waals surface area contributed by atoms with Crippen molar-refractivity contribution in [2.75, 3.05) is 38.2 Å². The molecular formula is C18H28F3N3O2. The normalized spacial score (nSPS) is 24.8. The van der Waals surface area contributed by atoms with Crippen molar-refractivity contribution in [1.82, 2.24) is 9.88 Å². The lowest BCUT2D eigenvalue weighted by atomic mass is 10.0. The fourth-order valence-corrected chi connectivity index (χ4v) is 3.24. The van der Waals surface area contributed by atoms with Crippen LogP contribution in [0.25, 0.3) is 0 Å². The predicted molar refractivity (Wildman–Crippen MR) is 94.0 cm³/mol. The third kappa shape index (κ3) is 6.10. The van der Waals surface area contributed by atoms with E-state index < -0.39 is 11.9 Å². The number of rotatable bonds is 2. The van der Waals surface area contributed by atoms with Gasteiger partial charge in [0.15, 0.2) is 0 Å². The fourth-order valence-electron chi connectivity index (χ4n) is 3.24. The number of nitrogens with zero attached hydrogens (tertiary/aromatic N) is 3. The van der Waals surface area contributed by atoms with Crippen LogP contribution < -0.4 is 4.90 Å². The molecule has 0 spiro atoms. The molecular weight excluding hydrogens is 347 g/mol. The van der Waals surface area contributed by atoms with Crippen LogP contribution in [0.1, 0.15) is 37.8 Å². The van der Waals surface area contributed by atoms with Crippen molar-refractivity contribution in [2.24, 2.45) is 0 Å². The summed E-state index contributed by atoms with van der Waals surface area (Å²) < 4.78 is 37.4. The fraction of sp³-hybridized carbons (Fsp3) is 0.722. The number of likely N-dealkylation sites (tertiary alicyclic amines) is 1. The molecule has 2 saturated heterocycles. The number of halogens is 3. The molecule has 0 aliphatic carbocycles. The molecule has 3 rings (SSSR count). The number of aliphatic hydroxyl groups is 2. The van der Waals surface area contributed by atoms with Gasteiger partial charge in [-0.3, -0.25) is 0 Å². The van der Waals surface area contributed by atoms with E-state index in [1.165, 1.54) is 6.07 Å². The maximum absolute atomic E-state index is 12.5. The van der Waals surface area contributed by atoms with Crippen LogP contribution in [0.3, 0.4) is 0 Å². The summed E-state index contributed by atoms with van der Waals surface area (Å²) in [6.07, 6.45) is 0.199. The lowest BCUT2D eigenvalue weighted by Gasteiger charge is -2.33. The van der Waals surface area contributed by atoms with Crippen molar-refractivity contribution in [2.45, 2.75) is 50.4 Å². The summed E-state index contributed by atoms with van der Waals surface area (Å²) >= 11 is 0. The molecule has 0 aromatic carbocycles. The predicted octanol–water partition coefficient (Wildman–Crippen LogP) is 2.52. The molecule has 0 radical (unpaired) electrons. The van der Waals surface area contributed by atoms with E-state index in [-0.39, 0.29) is 18.8 Å². The average Bonchev–Trinajstić information content (AvgIpc) is 2.64. The Kier molecular flexibility index (Phi) is 7.67. The van der Waals surface area contributed by atoms with Gasteiger partial charge in [0, 0.05) is 25.7 Å². The Bertz CT molecular complexity index is 551. The zero-order valence-corrected chi connectivity index (χ0v) is 15.1. The van der Waals surface area contributed by atoms with E-state index in [4.69, 9.17) is 5.11 Å². The summed E-state index contributed by atoms with van der Waals surface area (Å²) in [6, 6.07) is 4.23. The number of aliphatic hydroxyl groups excluding tert-OH is 2. The maximum atomic E-state index is 12.5. The Morgan fingerprint density at radius 2 is 1.85 bits per heavy atom. The third-order valence-electron chi connectivity index (χ3n) is 4.90. The van der Waals surface area contributed by atoms with Gasteiger partial charge in [0.2, 0.25) is 0 Å². The van der Waals surface area contributed by atoms with Crippen LogP contribution in [-0.4, -0.2) is 65.5 Å². The molecule has 3 heterocycles. The maximum Gasteiger partial charge on any atom is 0.433 e. The van der Waals surface area contributed by atoms with Crippen molar-refractivity contribution in [3.63, 3.8) is 0 Å². The molecule has 148 valence electrons. The SMILES string of the molecule is CN1CCC(O)CC1CO.FC(F)(F)c1cccc(N2CCCCC2)n1. The number of anilines is 1. The molecule has 8 heteroatoms. The number of piperidine rings is 2. The molecule has 2 N–H and O–H groups in total. The standard InChI is InChI=1S/C11H13F3N2.C7H15NO2/c12-11(13,14)9-5-4-6-10(15-9)16-7-2-1-3-8-16;1-8-3-2-7(10)4-6(8)5-9/h4-6H,1-3,7-8H2;6-7,9-10H,2-5H2,1H3. The minimum atomic E-state index is -4.36. The van der Waals surface area contributed by atoms with Crippen molar-refractivity contribution in [3.8, 4) is 0 Å². The lowest BCUT2D eigenvalue weighted by Crippen LogP contribution is -2.43. The second-order valence-corrected chi connectivity index (χ2v) is 6.92. The molecule has 5 nitrogen and oxygen atoms in total. The van der Waals surface area contributed by atoms with Crippen molar-refractivity contribution < 1.29 is 23.4 Å². The van der Waals surface area contributed by atoms with Gasteiger partial charge in [0.05, 0.1) is 12.7 Å². The van der Waals surface area contributed by atoms with Gasteiger partial charge >= 0.3 is 6.18 Å². The molecule has 26 heavy (non-hydrogen) atoms. The molecule has 2 aliphatic heterocycles. The number of pyridine rings is 1. The van der Waals surface area contributed by atoms with Gasteiger partial charge in [-0.25, -0.2) is 4.98 Å². The first kappa shape index (κ1) is 20.9. The van der Waals surface area contributed by atoms with E-state index >= 15 is 0 Å². The van der Waals surface area contributed by atoms with Crippen LogP contribution in [0, 0.1) is 0 Å². The van der Waals surface area contributed by atoms with E-state index in [0.29, 0.717) is 12.2 Å². The first-order valence-corrected chi connectivity index (χ1v) is 9.09. The van der Waals surface area contributed by atoms with Gasteiger partial charge in [-0.1, -0.05) is 6.07 Å². The van der Waals surface area contributed by atoms with Crippen LogP contribution in [0.2, 0.25) is 0 Å². The number of hydrogen-bond donors (Lipinski definition) is 2. The third-order valence-corrected chi connectivity index (χ3v) is 4.90. The Morgan fingerprint density at radius 1 is 1.15 bits per heavy atom. The number of likely N-dealkylation sites (N-methyl/N-ethyl adjacent to an activating group) is 1. The molecule has 0 bridgehead atoms. The van der Waals surface area contributed by atoms with E-state index in [0.717, 1.165) is 51.4 Å². The molecule has 2 fully saturated rings. The number of alkyl halides is 3. The van der Waals surface area contributed by atoms with Crippen molar-refractivity contribution in [1.29, 1.82) is 0 Å². The second-order valence-electron chi connectivity index (χ2n) is 6.92. The largest absolute Gasteiger partial charge is 0.433 e. The number of aromatic nitrogens is 1. The summed E-state index contributed by atoms with van der Waals surface area (Å²) in [4.78, 5) is 7.67. The van der Waals surface area contributed by atoms with E-state index in [9.17, 15) is 18.3 Å². The van der Waals surface area contributed by atoms with Gasteiger partial charge in [-0.05, 0) is 51.3 Å². The zero-order chi connectivity index (χ0) is 19.2. The minimum absolute atomic E-state index is 0.160. The molecule has 0 amide bonds. The summed E-state index contributed by atoms with van der Waals surface area (Å²) in [5.74, 6) is 0.439. The van der Waals surface area contributed by atoms with Crippen LogP contribution in [0.5, 0.6) is 0 Å². The van der Waals surface area contributed by atoms with Crippen LogP contribution >= 0.6 is 0 Å². The van der Waals surface area contributed by atoms with Gasteiger partial charge < -0.3 is 20.0 Å². The Morgan fingerprint density at radius 3 is 2.42 bits per heavy atom. The first-order valence-electron chi connectivity index (χ1n) is 9.09. The topological polar surface area (TPSA) is 59.8 Å². The Hall–Kier alpha value is -1.38.